The van der Waals surface area contributed by atoms with Crippen molar-refractivity contribution in [1.82, 2.24) is 5.32 Å². The number of carbonyl (C=O) groups is 2. The van der Waals surface area contributed by atoms with Crippen LogP contribution in [0.3, 0.4) is 0 Å². The van der Waals surface area contributed by atoms with Gasteiger partial charge in [0.15, 0.2) is 0 Å². The average Bonchev–Trinajstić information content (AvgIpc) is 3.22. The van der Waals surface area contributed by atoms with Gasteiger partial charge in [0.05, 0.1) is 18.9 Å². The lowest BCUT2D eigenvalue weighted by molar-refractivity contribution is -0.142. The molecule has 132 valence electrons. The van der Waals surface area contributed by atoms with Crippen molar-refractivity contribution in [2.75, 3.05) is 13.7 Å². The topological polar surface area (TPSA) is 86.2 Å². The predicted octanol–water partition coefficient (Wildman–Crippen LogP) is 1.28. The largest absolute Gasteiger partial charge is 0.484 e. The third-order valence-corrected chi connectivity index (χ3v) is 3.97. The van der Waals surface area contributed by atoms with E-state index in [0.717, 1.165) is 0 Å². The summed E-state index contributed by atoms with van der Waals surface area (Å²) >= 11 is 0. The Morgan fingerprint density at radius 3 is 2.96 bits per heavy atom. The van der Waals surface area contributed by atoms with Crippen molar-refractivity contribution in [3.8, 4) is 0 Å². The zero-order chi connectivity index (χ0) is 18.0. The van der Waals surface area contributed by atoms with Gasteiger partial charge in [-0.05, 0) is 25.1 Å². The van der Waals surface area contributed by atoms with Crippen LogP contribution >= 0.6 is 0 Å². The zero-order valence-electron chi connectivity index (χ0n) is 13.7. The molecule has 1 aromatic carbocycles. The Hall–Kier alpha value is -2.90. The lowest BCUT2D eigenvalue weighted by atomic mass is 9.95. The molecule has 0 fully saturated rings. The van der Waals surface area contributed by atoms with Crippen molar-refractivity contribution in [2.24, 2.45) is 5.16 Å². The number of methoxy groups -OCH3 is 1. The molecule has 3 rings (SSSR count). The molecule has 8 heteroatoms. The molecule has 2 heterocycles. The van der Waals surface area contributed by atoms with E-state index in [1.54, 1.807) is 19.1 Å². The zero-order valence-corrected chi connectivity index (χ0v) is 13.7. The van der Waals surface area contributed by atoms with Crippen LogP contribution in [0.1, 0.15) is 18.9 Å². The molecule has 2 aliphatic rings. The number of hydrogen-bond acceptors (Lipinski definition) is 6. The summed E-state index contributed by atoms with van der Waals surface area (Å²) in [7, 11) is 1.25. The van der Waals surface area contributed by atoms with E-state index < -0.39 is 23.5 Å². The molecule has 1 N–H and O–H groups in total. The Morgan fingerprint density at radius 2 is 2.24 bits per heavy atom. The molecule has 0 aliphatic carbocycles. The SMILES string of the molecule is COC(=O)C1=C[C@H](NC(=O)C2(C)CC(c3cccc(F)c3)=NO2)CO1. The van der Waals surface area contributed by atoms with E-state index >= 15 is 0 Å². The standard InChI is InChI=1S/C17H17FN2O5/c1-17(8-13(20-25-17)10-4-3-5-11(18)6-10)16(22)19-12-7-14(24-9-12)15(21)23-2/h3-7,12H,8-9H2,1-2H3,(H,19,22)/t12-,17?/m0/s1. The van der Waals surface area contributed by atoms with Gasteiger partial charge in [-0.15, -0.1) is 0 Å². The van der Waals surface area contributed by atoms with Crippen LogP contribution in [0.5, 0.6) is 0 Å². The van der Waals surface area contributed by atoms with Crippen LogP contribution in [-0.2, 0) is 23.9 Å². The van der Waals surface area contributed by atoms with Crippen molar-refractivity contribution in [1.29, 1.82) is 0 Å². The molecule has 7 nitrogen and oxygen atoms in total. The van der Waals surface area contributed by atoms with Crippen molar-refractivity contribution >= 4 is 17.6 Å². The maximum atomic E-state index is 13.3. The summed E-state index contributed by atoms with van der Waals surface area (Å²) in [6.07, 6.45) is 1.68. The first-order chi connectivity index (χ1) is 11.9. The Labute approximate surface area is 143 Å². The summed E-state index contributed by atoms with van der Waals surface area (Å²) in [6.45, 7) is 1.72. The molecule has 0 saturated heterocycles. The number of oxime groups is 1. The van der Waals surface area contributed by atoms with Gasteiger partial charge in [-0.3, -0.25) is 4.79 Å². The predicted molar refractivity (Wildman–Crippen MR) is 85.0 cm³/mol. The number of nitrogens with one attached hydrogen (secondary N) is 1. The first kappa shape index (κ1) is 16.9. The minimum Gasteiger partial charge on any atom is -0.484 e. The Bertz CT molecular complexity index is 776. The summed E-state index contributed by atoms with van der Waals surface area (Å²) in [4.78, 5) is 29.2. The molecule has 25 heavy (non-hydrogen) atoms. The minimum atomic E-state index is -1.22. The van der Waals surface area contributed by atoms with Gasteiger partial charge in [-0.2, -0.15) is 0 Å². The Morgan fingerprint density at radius 1 is 1.44 bits per heavy atom. The van der Waals surface area contributed by atoms with Gasteiger partial charge in [-0.1, -0.05) is 17.3 Å². The molecule has 1 amide bonds. The summed E-state index contributed by atoms with van der Waals surface area (Å²) in [5.74, 6) is -1.33. The number of esters is 1. The number of ether oxygens (including phenoxy) is 2. The molecular formula is C17H17FN2O5. The number of rotatable bonds is 4. The summed E-state index contributed by atoms with van der Waals surface area (Å²) in [6, 6.07) is 5.46. The van der Waals surface area contributed by atoms with E-state index in [-0.39, 0.29) is 24.6 Å². The van der Waals surface area contributed by atoms with Crippen LogP contribution in [0, 0.1) is 5.82 Å². The fourth-order valence-electron chi connectivity index (χ4n) is 2.57. The van der Waals surface area contributed by atoms with Gasteiger partial charge in [0.1, 0.15) is 12.4 Å². The monoisotopic (exact) mass is 348 g/mol. The molecule has 0 radical (unpaired) electrons. The molecule has 0 bridgehead atoms. The molecule has 1 aromatic rings. The van der Waals surface area contributed by atoms with Crippen LogP contribution in [0.4, 0.5) is 4.39 Å². The van der Waals surface area contributed by atoms with Crippen LogP contribution in [-0.4, -0.2) is 42.9 Å². The van der Waals surface area contributed by atoms with E-state index in [9.17, 15) is 14.0 Å². The van der Waals surface area contributed by atoms with E-state index in [4.69, 9.17) is 9.57 Å². The first-order valence-corrected chi connectivity index (χ1v) is 7.66. The normalized spacial score (nSPS) is 24.7. The van der Waals surface area contributed by atoms with Crippen LogP contribution in [0.25, 0.3) is 0 Å². The highest BCUT2D eigenvalue weighted by Crippen LogP contribution is 2.27. The molecule has 0 spiro atoms. The van der Waals surface area contributed by atoms with Gasteiger partial charge in [0.2, 0.25) is 11.4 Å². The van der Waals surface area contributed by atoms with Crippen LogP contribution in [0.2, 0.25) is 0 Å². The van der Waals surface area contributed by atoms with E-state index in [1.807, 2.05) is 0 Å². The van der Waals surface area contributed by atoms with Crippen molar-refractivity contribution in [3.63, 3.8) is 0 Å². The molecule has 1 unspecified atom stereocenters. The lowest BCUT2D eigenvalue weighted by Gasteiger charge is -2.22. The number of halogens is 1. The van der Waals surface area contributed by atoms with Gasteiger partial charge in [0, 0.05) is 12.0 Å². The van der Waals surface area contributed by atoms with Gasteiger partial charge < -0.3 is 19.6 Å². The maximum absolute atomic E-state index is 13.3. The molecule has 0 saturated carbocycles. The number of amides is 1. The van der Waals surface area contributed by atoms with Crippen molar-refractivity contribution < 1.29 is 28.3 Å². The number of carbonyl (C=O) groups excluding carboxylic acids is 2. The lowest BCUT2D eigenvalue weighted by Crippen LogP contribution is -2.48. The average molecular weight is 348 g/mol. The second kappa shape index (κ2) is 6.54. The second-order valence-electron chi connectivity index (χ2n) is 5.96. The number of nitrogens with zero attached hydrogens (tertiary/aromatic N) is 1. The van der Waals surface area contributed by atoms with Crippen molar-refractivity contribution in [2.45, 2.75) is 25.0 Å². The molecule has 2 atom stereocenters. The van der Waals surface area contributed by atoms with E-state index in [2.05, 4.69) is 15.2 Å². The smallest absolute Gasteiger partial charge is 0.373 e. The highest BCUT2D eigenvalue weighted by atomic mass is 19.1. The quantitative estimate of drug-likeness (QED) is 0.829. The van der Waals surface area contributed by atoms with Gasteiger partial charge >= 0.3 is 5.97 Å². The molecule has 0 aromatic heterocycles. The summed E-state index contributed by atoms with van der Waals surface area (Å²) < 4.78 is 23.1. The van der Waals surface area contributed by atoms with Gasteiger partial charge in [0.25, 0.3) is 5.91 Å². The summed E-state index contributed by atoms with van der Waals surface area (Å²) in [5.41, 5.74) is -0.164. The fourth-order valence-corrected chi connectivity index (χ4v) is 2.57. The van der Waals surface area contributed by atoms with Gasteiger partial charge in [-0.25, -0.2) is 9.18 Å². The molecular weight excluding hydrogens is 331 g/mol. The minimum absolute atomic E-state index is 0.0574. The maximum Gasteiger partial charge on any atom is 0.373 e. The second-order valence-corrected chi connectivity index (χ2v) is 5.96. The highest BCUT2D eigenvalue weighted by molar-refractivity contribution is 6.05. The third kappa shape index (κ3) is 3.47. The Balaban J connectivity index is 1.64. The van der Waals surface area contributed by atoms with Crippen molar-refractivity contribution in [3.05, 3.63) is 47.5 Å². The highest BCUT2D eigenvalue weighted by Gasteiger charge is 2.43. The van der Waals surface area contributed by atoms with Crippen LogP contribution < -0.4 is 5.32 Å². The van der Waals surface area contributed by atoms with E-state index in [0.29, 0.717) is 11.3 Å². The number of benzene rings is 1. The van der Waals surface area contributed by atoms with E-state index in [1.165, 1.54) is 25.3 Å². The third-order valence-electron chi connectivity index (χ3n) is 3.97. The Kier molecular flexibility index (Phi) is 4.43. The number of hydrogen-bond donors (Lipinski definition) is 1. The fraction of sp³-hybridized carbons (Fsp3) is 0.353. The van der Waals surface area contributed by atoms with Crippen LogP contribution in [0.15, 0.2) is 41.3 Å². The summed E-state index contributed by atoms with van der Waals surface area (Å²) in [5, 5.41) is 6.65. The first-order valence-electron chi connectivity index (χ1n) is 7.66. The molecule has 2 aliphatic heterocycles.